The van der Waals surface area contributed by atoms with E-state index in [2.05, 4.69) is 24.1 Å². The lowest BCUT2D eigenvalue weighted by Gasteiger charge is -2.22. The second kappa shape index (κ2) is 8.64. The van der Waals surface area contributed by atoms with Crippen molar-refractivity contribution in [1.82, 2.24) is 4.90 Å². The Hall–Kier alpha value is -1.59. The van der Waals surface area contributed by atoms with Gasteiger partial charge in [-0.2, -0.15) is 0 Å². The van der Waals surface area contributed by atoms with Gasteiger partial charge in [-0.1, -0.05) is 13.8 Å². The summed E-state index contributed by atoms with van der Waals surface area (Å²) in [5.74, 6) is 1.14. The standard InChI is InChI=1S/C16H26N2O3/c1-12(2)9-18(4)10-15(20)11-21-16-7-5-14(6-8-16)17-13(3)19/h5-8,12,15,20H,9-11H2,1-4H3,(H,17,19). The predicted molar refractivity (Wildman–Crippen MR) is 84.6 cm³/mol. The number of ether oxygens (including phenoxy) is 1. The maximum Gasteiger partial charge on any atom is 0.221 e. The molecule has 0 fully saturated rings. The van der Waals surface area contributed by atoms with Crippen LogP contribution in [0.2, 0.25) is 0 Å². The fourth-order valence-corrected chi connectivity index (χ4v) is 2.14. The second-order valence-corrected chi connectivity index (χ2v) is 5.79. The van der Waals surface area contributed by atoms with E-state index in [1.807, 2.05) is 7.05 Å². The number of nitrogens with zero attached hydrogens (tertiary/aromatic N) is 1. The summed E-state index contributed by atoms with van der Waals surface area (Å²) in [5, 5.41) is 12.6. The van der Waals surface area contributed by atoms with Crippen LogP contribution in [0.4, 0.5) is 5.69 Å². The minimum absolute atomic E-state index is 0.104. The highest BCUT2D eigenvalue weighted by molar-refractivity contribution is 5.88. The molecule has 1 unspecified atom stereocenters. The lowest BCUT2D eigenvalue weighted by Crippen LogP contribution is -2.35. The van der Waals surface area contributed by atoms with E-state index in [0.717, 1.165) is 12.2 Å². The van der Waals surface area contributed by atoms with Gasteiger partial charge in [-0.15, -0.1) is 0 Å². The molecule has 2 N–H and O–H groups in total. The number of amides is 1. The molecule has 0 aromatic heterocycles. The van der Waals surface area contributed by atoms with Crippen LogP contribution in [0.1, 0.15) is 20.8 Å². The third-order valence-corrected chi connectivity index (χ3v) is 2.82. The topological polar surface area (TPSA) is 61.8 Å². The van der Waals surface area contributed by atoms with Crippen LogP contribution in [0.3, 0.4) is 0 Å². The number of hydrogen-bond acceptors (Lipinski definition) is 4. The molecule has 1 aromatic carbocycles. The first-order chi connectivity index (χ1) is 9.86. The zero-order valence-electron chi connectivity index (χ0n) is 13.3. The quantitative estimate of drug-likeness (QED) is 0.769. The van der Waals surface area contributed by atoms with Gasteiger partial charge in [0.05, 0.1) is 0 Å². The monoisotopic (exact) mass is 294 g/mol. The number of benzene rings is 1. The Kier molecular flexibility index (Phi) is 7.19. The van der Waals surface area contributed by atoms with Gasteiger partial charge in [-0.25, -0.2) is 0 Å². The van der Waals surface area contributed by atoms with Crippen molar-refractivity contribution in [2.75, 3.05) is 32.1 Å². The van der Waals surface area contributed by atoms with Crippen LogP contribution in [-0.4, -0.2) is 48.8 Å². The van der Waals surface area contributed by atoms with Crippen molar-refractivity contribution in [2.24, 2.45) is 5.92 Å². The van der Waals surface area contributed by atoms with Crippen molar-refractivity contribution in [3.05, 3.63) is 24.3 Å². The molecule has 1 aromatic rings. The molecule has 1 atom stereocenters. The number of likely N-dealkylation sites (N-methyl/N-ethyl adjacent to an activating group) is 1. The van der Waals surface area contributed by atoms with E-state index >= 15 is 0 Å². The van der Waals surface area contributed by atoms with Crippen LogP contribution in [0, 0.1) is 5.92 Å². The summed E-state index contributed by atoms with van der Waals surface area (Å²) < 4.78 is 5.54. The number of carbonyl (C=O) groups is 1. The van der Waals surface area contributed by atoms with Gasteiger partial charge in [-0.3, -0.25) is 4.79 Å². The Morgan fingerprint density at radius 1 is 1.29 bits per heavy atom. The van der Waals surface area contributed by atoms with E-state index in [1.165, 1.54) is 6.92 Å². The Labute approximate surface area is 126 Å². The van der Waals surface area contributed by atoms with Gasteiger partial charge in [0.15, 0.2) is 0 Å². The summed E-state index contributed by atoms with van der Waals surface area (Å²) in [6, 6.07) is 7.09. The van der Waals surface area contributed by atoms with Crippen molar-refractivity contribution < 1.29 is 14.6 Å². The molecular weight excluding hydrogens is 268 g/mol. The summed E-state index contributed by atoms with van der Waals surface area (Å²) in [5.41, 5.74) is 0.729. The summed E-state index contributed by atoms with van der Waals surface area (Å²) in [7, 11) is 1.99. The van der Waals surface area contributed by atoms with E-state index < -0.39 is 6.10 Å². The Morgan fingerprint density at radius 2 is 1.90 bits per heavy atom. The molecule has 0 aliphatic carbocycles. The molecule has 0 aliphatic rings. The van der Waals surface area contributed by atoms with Crippen LogP contribution in [0.25, 0.3) is 0 Å². The zero-order valence-corrected chi connectivity index (χ0v) is 13.3. The van der Waals surface area contributed by atoms with Crippen molar-refractivity contribution in [3.8, 4) is 5.75 Å². The SMILES string of the molecule is CC(=O)Nc1ccc(OCC(O)CN(C)CC(C)C)cc1. The third kappa shape index (κ3) is 7.68. The van der Waals surface area contributed by atoms with Gasteiger partial charge >= 0.3 is 0 Å². The maximum atomic E-state index is 10.9. The number of anilines is 1. The average Bonchev–Trinajstić information content (AvgIpc) is 2.36. The van der Waals surface area contributed by atoms with Gasteiger partial charge in [0.25, 0.3) is 0 Å². The molecule has 5 nitrogen and oxygen atoms in total. The van der Waals surface area contributed by atoms with Crippen LogP contribution in [0.15, 0.2) is 24.3 Å². The third-order valence-electron chi connectivity index (χ3n) is 2.82. The Balaban J connectivity index is 2.35. The number of rotatable bonds is 8. The van der Waals surface area contributed by atoms with Crippen LogP contribution >= 0.6 is 0 Å². The fourth-order valence-electron chi connectivity index (χ4n) is 2.14. The minimum atomic E-state index is -0.524. The smallest absolute Gasteiger partial charge is 0.221 e. The Bertz CT molecular complexity index is 432. The molecule has 118 valence electrons. The first-order valence-corrected chi connectivity index (χ1v) is 7.24. The van der Waals surface area contributed by atoms with Gasteiger partial charge in [0, 0.05) is 25.7 Å². The first kappa shape index (κ1) is 17.5. The van der Waals surface area contributed by atoms with Crippen molar-refractivity contribution in [1.29, 1.82) is 0 Å². The number of aliphatic hydroxyl groups is 1. The van der Waals surface area contributed by atoms with Gasteiger partial charge in [-0.05, 0) is 37.2 Å². The van der Waals surface area contributed by atoms with E-state index in [-0.39, 0.29) is 12.5 Å². The highest BCUT2D eigenvalue weighted by Crippen LogP contribution is 2.15. The van der Waals surface area contributed by atoms with Gasteiger partial charge in [0.2, 0.25) is 5.91 Å². The summed E-state index contributed by atoms with van der Waals surface area (Å²) in [4.78, 5) is 13.0. The van der Waals surface area contributed by atoms with E-state index in [0.29, 0.717) is 18.2 Å². The van der Waals surface area contributed by atoms with Crippen LogP contribution in [-0.2, 0) is 4.79 Å². The van der Waals surface area contributed by atoms with Crippen molar-refractivity contribution in [2.45, 2.75) is 26.9 Å². The number of nitrogens with one attached hydrogen (secondary N) is 1. The average molecular weight is 294 g/mol. The zero-order chi connectivity index (χ0) is 15.8. The molecule has 0 saturated heterocycles. The van der Waals surface area contributed by atoms with Crippen LogP contribution in [0.5, 0.6) is 5.75 Å². The highest BCUT2D eigenvalue weighted by atomic mass is 16.5. The number of aliphatic hydroxyl groups excluding tert-OH is 1. The Morgan fingerprint density at radius 3 is 2.43 bits per heavy atom. The maximum absolute atomic E-state index is 10.9. The summed E-state index contributed by atoms with van der Waals surface area (Å²) in [6.45, 7) is 7.55. The lowest BCUT2D eigenvalue weighted by molar-refractivity contribution is -0.114. The van der Waals surface area contributed by atoms with E-state index in [1.54, 1.807) is 24.3 Å². The molecule has 21 heavy (non-hydrogen) atoms. The first-order valence-electron chi connectivity index (χ1n) is 7.24. The van der Waals surface area contributed by atoms with Gasteiger partial charge in [0.1, 0.15) is 18.5 Å². The molecule has 0 saturated carbocycles. The lowest BCUT2D eigenvalue weighted by atomic mass is 10.2. The van der Waals surface area contributed by atoms with Crippen LogP contribution < -0.4 is 10.1 Å². The molecule has 0 aliphatic heterocycles. The van der Waals surface area contributed by atoms with E-state index in [4.69, 9.17) is 4.74 Å². The molecular formula is C16H26N2O3. The highest BCUT2D eigenvalue weighted by Gasteiger charge is 2.10. The number of hydrogen-bond donors (Lipinski definition) is 2. The summed E-state index contributed by atoms with van der Waals surface area (Å²) in [6.07, 6.45) is -0.524. The minimum Gasteiger partial charge on any atom is -0.491 e. The fraction of sp³-hybridized carbons (Fsp3) is 0.562. The number of carbonyl (C=O) groups excluding carboxylic acids is 1. The predicted octanol–water partition coefficient (Wildman–Crippen LogP) is 1.97. The molecule has 0 radical (unpaired) electrons. The van der Waals surface area contributed by atoms with Crippen molar-refractivity contribution >= 4 is 11.6 Å². The molecule has 0 bridgehead atoms. The largest absolute Gasteiger partial charge is 0.491 e. The van der Waals surface area contributed by atoms with Gasteiger partial charge < -0.3 is 20.1 Å². The molecule has 5 heteroatoms. The molecule has 0 heterocycles. The summed E-state index contributed by atoms with van der Waals surface area (Å²) >= 11 is 0. The van der Waals surface area contributed by atoms with Crippen molar-refractivity contribution in [3.63, 3.8) is 0 Å². The second-order valence-electron chi connectivity index (χ2n) is 5.79. The normalized spacial score (nSPS) is 12.5. The molecule has 1 amide bonds. The van der Waals surface area contributed by atoms with E-state index in [9.17, 15) is 9.90 Å². The molecule has 1 rings (SSSR count). The molecule has 0 spiro atoms.